The van der Waals surface area contributed by atoms with Crippen molar-refractivity contribution in [1.82, 2.24) is 4.90 Å². The molecule has 0 radical (unpaired) electrons. The number of hydrogen-bond donors (Lipinski definition) is 1. The smallest absolute Gasteiger partial charge is 0.0681 e. The first-order chi connectivity index (χ1) is 13.8. The third kappa shape index (κ3) is 4.52. The van der Waals surface area contributed by atoms with E-state index in [1.165, 1.54) is 54.6 Å². The molecule has 1 aliphatic rings. The van der Waals surface area contributed by atoms with Crippen molar-refractivity contribution < 1.29 is 5.11 Å². The highest BCUT2D eigenvalue weighted by Gasteiger charge is 2.22. The van der Waals surface area contributed by atoms with Crippen molar-refractivity contribution in [3.8, 4) is 11.1 Å². The van der Waals surface area contributed by atoms with Gasteiger partial charge in [0, 0.05) is 6.04 Å². The van der Waals surface area contributed by atoms with Crippen molar-refractivity contribution in [2.45, 2.75) is 38.3 Å². The van der Waals surface area contributed by atoms with Gasteiger partial charge in [-0.15, -0.1) is 0 Å². The Labute approximate surface area is 168 Å². The topological polar surface area (TPSA) is 23.5 Å². The maximum atomic E-state index is 9.24. The molecule has 1 atom stereocenters. The minimum absolute atomic E-state index is 0.0935. The maximum Gasteiger partial charge on any atom is 0.0681 e. The van der Waals surface area contributed by atoms with E-state index in [1.807, 2.05) is 12.1 Å². The van der Waals surface area contributed by atoms with E-state index in [-0.39, 0.29) is 6.61 Å². The molecule has 1 saturated heterocycles. The normalized spacial score (nSPS) is 16.0. The molecule has 144 valence electrons. The van der Waals surface area contributed by atoms with Gasteiger partial charge in [0.2, 0.25) is 0 Å². The predicted molar refractivity (Wildman–Crippen MR) is 116 cm³/mol. The van der Waals surface area contributed by atoms with E-state index < -0.39 is 0 Å². The van der Waals surface area contributed by atoms with Gasteiger partial charge >= 0.3 is 0 Å². The second-order valence-electron chi connectivity index (χ2n) is 7.78. The van der Waals surface area contributed by atoms with Gasteiger partial charge in [-0.2, -0.15) is 0 Å². The third-order valence-electron chi connectivity index (χ3n) is 5.87. The molecular weight excluding hydrogens is 342 g/mol. The Balaban J connectivity index is 1.58. The number of rotatable bonds is 6. The first-order valence-corrected chi connectivity index (χ1v) is 10.4. The van der Waals surface area contributed by atoms with E-state index in [0.717, 1.165) is 12.0 Å². The molecule has 28 heavy (non-hydrogen) atoms. The summed E-state index contributed by atoms with van der Waals surface area (Å²) in [5.74, 6) is 0. The SMILES string of the molecule is OCc1ccc(-c2ccc(C(Cc3ccccc3)N3CCCCC3)cc2)cc1. The fourth-order valence-corrected chi connectivity index (χ4v) is 4.23. The lowest BCUT2D eigenvalue weighted by Crippen LogP contribution is -2.34. The molecule has 3 aromatic rings. The van der Waals surface area contributed by atoms with Gasteiger partial charge in [-0.05, 0) is 60.2 Å². The Kier molecular flexibility index (Phi) is 6.20. The predicted octanol–water partition coefficient (Wildman–Crippen LogP) is 5.62. The first kappa shape index (κ1) is 18.9. The molecule has 0 amide bonds. The molecule has 1 unspecified atom stereocenters. The van der Waals surface area contributed by atoms with E-state index in [1.54, 1.807) is 0 Å². The molecule has 1 aliphatic heterocycles. The van der Waals surface area contributed by atoms with Crippen LogP contribution in [0.4, 0.5) is 0 Å². The van der Waals surface area contributed by atoms with Crippen LogP contribution in [0.3, 0.4) is 0 Å². The summed E-state index contributed by atoms with van der Waals surface area (Å²) in [5, 5.41) is 9.24. The number of likely N-dealkylation sites (tertiary alicyclic amines) is 1. The molecule has 1 heterocycles. The molecule has 1 fully saturated rings. The molecule has 2 heteroatoms. The Morgan fingerprint density at radius 2 is 1.29 bits per heavy atom. The van der Waals surface area contributed by atoms with Crippen LogP contribution in [0.15, 0.2) is 78.9 Å². The van der Waals surface area contributed by atoms with Gasteiger partial charge in [0.05, 0.1) is 6.61 Å². The summed E-state index contributed by atoms with van der Waals surface area (Å²) in [4.78, 5) is 2.67. The lowest BCUT2D eigenvalue weighted by Gasteiger charge is -2.35. The Morgan fingerprint density at radius 3 is 1.89 bits per heavy atom. The first-order valence-electron chi connectivity index (χ1n) is 10.4. The second kappa shape index (κ2) is 9.18. The molecule has 0 bridgehead atoms. The summed E-state index contributed by atoms with van der Waals surface area (Å²) >= 11 is 0. The van der Waals surface area contributed by atoms with Gasteiger partial charge in [-0.25, -0.2) is 0 Å². The third-order valence-corrected chi connectivity index (χ3v) is 5.87. The highest BCUT2D eigenvalue weighted by Crippen LogP contribution is 2.30. The quantitative estimate of drug-likeness (QED) is 0.608. The zero-order valence-corrected chi connectivity index (χ0v) is 16.4. The van der Waals surface area contributed by atoms with Crippen LogP contribution in [0.25, 0.3) is 11.1 Å². The van der Waals surface area contributed by atoms with Gasteiger partial charge in [0.15, 0.2) is 0 Å². The molecule has 2 nitrogen and oxygen atoms in total. The number of benzene rings is 3. The molecule has 0 saturated carbocycles. The fraction of sp³-hybridized carbons (Fsp3) is 0.308. The van der Waals surface area contributed by atoms with Gasteiger partial charge in [-0.3, -0.25) is 4.90 Å². The van der Waals surface area contributed by atoms with Crippen LogP contribution < -0.4 is 0 Å². The molecular formula is C26H29NO. The van der Waals surface area contributed by atoms with E-state index in [4.69, 9.17) is 0 Å². The largest absolute Gasteiger partial charge is 0.392 e. The molecule has 0 aromatic heterocycles. The van der Waals surface area contributed by atoms with Crippen molar-refractivity contribution in [1.29, 1.82) is 0 Å². The number of nitrogens with zero attached hydrogens (tertiary/aromatic N) is 1. The van der Waals surface area contributed by atoms with Crippen LogP contribution in [-0.4, -0.2) is 23.1 Å². The average molecular weight is 372 g/mol. The van der Waals surface area contributed by atoms with Crippen LogP contribution >= 0.6 is 0 Å². The summed E-state index contributed by atoms with van der Waals surface area (Å²) in [7, 11) is 0. The van der Waals surface area contributed by atoms with Crippen LogP contribution in [0, 0.1) is 0 Å². The lowest BCUT2D eigenvalue weighted by atomic mass is 9.93. The summed E-state index contributed by atoms with van der Waals surface area (Å²) in [6.07, 6.45) is 5.03. The van der Waals surface area contributed by atoms with Crippen molar-refractivity contribution in [2.75, 3.05) is 13.1 Å². The number of aliphatic hydroxyl groups excluding tert-OH is 1. The van der Waals surface area contributed by atoms with Crippen LogP contribution in [0.2, 0.25) is 0 Å². The molecule has 0 spiro atoms. The van der Waals surface area contributed by atoms with Gasteiger partial charge in [0.25, 0.3) is 0 Å². The standard InChI is InChI=1S/C26H29NO/c28-20-22-9-11-23(12-10-22)24-13-15-25(16-14-24)26(27-17-5-2-6-18-27)19-21-7-3-1-4-8-21/h1,3-4,7-16,26,28H,2,5-6,17-20H2. The van der Waals surface area contributed by atoms with Crippen molar-refractivity contribution >= 4 is 0 Å². The Bertz CT molecular complexity index is 849. The van der Waals surface area contributed by atoms with Gasteiger partial charge < -0.3 is 5.11 Å². The molecule has 4 rings (SSSR count). The second-order valence-corrected chi connectivity index (χ2v) is 7.78. The number of hydrogen-bond acceptors (Lipinski definition) is 2. The van der Waals surface area contributed by atoms with Crippen molar-refractivity contribution in [3.05, 3.63) is 95.6 Å². The summed E-state index contributed by atoms with van der Waals surface area (Å²) < 4.78 is 0. The molecule has 0 aliphatic carbocycles. The minimum Gasteiger partial charge on any atom is -0.392 e. The minimum atomic E-state index is 0.0935. The van der Waals surface area contributed by atoms with Crippen molar-refractivity contribution in [3.63, 3.8) is 0 Å². The lowest BCUT2D eigenvalue weighted by molar-refractivity contribution is 0.162. The average Bonchev–Trinajstić information content (AvgIpc) is 2.79. The summed E-state index contributed by atoms with van der Waals surface area (Å²) in [5.41, 5.74) is 6.18. The zero-order valence-electron chi connectivity index (χ0n) is 16.4. The van der Waals surface area contributed by atoms with E-state index in [2.05, 4.69) is 71.6 Å². The van der Waals surface area contributed by atoms with E-state index >= 15 is 0 Å². The zero-order chi connectivity index (χ0) is 19.2. The van der Waals surface area contributed by atoms with Crippen LogP contribution in [0.5, 0.6) is 0 Å². The highest BCUT2D eigenvalue weighted by atomic mass is 16.3. The number of aliphatic hydroxyl groups is 1. The molecule has 3 aromatic carbocycles. The van der Waals surface area contributed by atoms with Gasteiger partial charge in [0.1, 0.15) is 0 Å². The summed E-state index contributed by atoms with van der Waals surface area (Å²) in [6, 6.07) is 28.6. The van der Waals surface area contributed by atoms with Gasteiger partial charge in [-0.1, -0.05) is 85.3 Å². The Morgan fingerprint density at radius 1 is 0.679 bits per heavy atom. The monoisotopic (exact) mass is 371 g/mol. The van der Waals surface area contributed by atoms with Crippen molar-refractivity contribution in [2.24, 2.45) is 0 Å². The van der Waals surface area contributed by atoms with E-state index in [9.17, 15) is 5.11 Å². The van der Waals surface area contributed by atoms with Crippen LogP contribution in [0.1, 0.15) is 42.0 Å². The fourth-order valence-electron chi connectivity index (χ4n) is 4.23. The Hall–Kier alpha value is -2.42. The highest BCUT2D eigenvalue weighted by molar-refractivity contribution is 5.64. The maximum absolute atomic E-state index is 9.24. The van der Waals surface area contributed by atoms with Crippen LogP contribution in [-0.2, 0) is 13.0 Å². The number of piperidine rings is 1. The van der Waals surface area contributed by atoms with E-state index in [0.29, 0.717) is 6.04 Å². The molecule has 1 N–H and O–H groups in total. The summed E-state index contributed by atoms with van der Waals surface area (Å²) in [6.45, 7) is 2.49.